The van der Waals surface area contributed by atoms with Crippen LogP contribution in [0.25, 0.3) is 0 Å². The third-order valence-corrected chi connectivity index (χ3v) is 5.40. The predicted octanol–water partition coefficient (Wildman–Crippen LogP) is 1.61. The Balaban J connectivity index is 1.77. The number of nitrogens with zero attached hydrogens (tertiary/aromatic N) is 2. The minimum atomic E-state index is -3.28. The Labute approximate surface area is 118 Å². The Morgan fingerprint density at radius 2 is 2.05 bits per heavy atom. The fraction of sp³-hybridized carbons (Fsp3) is 0.357. The van der Waals surface area contributed by atoms with Crippen molar-refractivity contribution >= 4 is 10.0 Å². The van der Waals surface area contributed by atoms with E-state index in [-0.39, 0.29) is 5.75 Å². The van der Waals surface area contributed by atoms with Gasteiger partial charge in [-0.15, -0.1) is 0 Å². The molecular weight excluding hydrogens is 274 g/mol. The summed E-state index contributed by atoms with van der Waals surface area (Å²) in [7, 11) is -3.28. The summed E-state index contributed by atoms with van der Waals surface area (Å²) in [5, 5.41) is 0. The molecule has 0 fully saturated rings. The van der Waals surface area contributed by atoms with Crippen molar-refractivity contribution in [3.8, 4) is 0 Å². The Kier molecular flexibility index (Phi) is 3.35. The molecule has 1 N–H and O–H groups in total. The number of benzene rings is 1. The molecule has 20 heavy (non-hydrogen) atoms. The van der Waals surface area contributed by atoms with Crippen LogP contribution in [0.15, 0.2) is 30.6 Å². The van der Waals surface area contributed by atoms with Crippen LogP contribution in [-0.2, 0) is 28.7 Å². The highest BCUT2D eigenvalue weighted by Gasteiger charge is 2.27. The number of nitrogens with one attached hydrogen (secondary N) is 1. The third-order valence-electron chi connectivity index (χ3n) is 3.60. The number of imidazole rings is 1. The van der Waals surface area contributed by atoms with Gasteiger partial charge in [0.2, 0.25) is 10.0 Å². The molecule has 0 amide bonds. The summed E-state index contributed by atoms with van der Waals surface area (Å²) in [6.07, 6.45) is 2.30. The van der Waals surface area contributed by atoms with Crippen LogP contribution in [0.1, 0.15) is 22.5 Å². The molecular formula is C14H17N3O2S. The average Bonchev–Trinajstić information content (AvgIpc) is 2.88. The van der Waals surface area contributed by atoms with Gasteiger partial charge in [-0.3, -0.25) is 0 Å². The second-order valence-electron chi connectivity index (χ2n) is 5.15. The van der Waals surface area contributed by atoms with Gasteiger partial charge in [-0.2, -0.15) is 4.31 Å². The summed E-state index contributed by atoms with van der Waals surface area (Å²) in [5.41, 5.74) is 3.84. The van der Waals surface area contributed by atoms with E-state index in [9.17, 15) is 8.42 Å². The van der Waals surface area contributed by atoms with Crippen LogP contribution >= 0.6 is 0 Å². The lowest BCUT2D eigenvalue weighted by Gasteiger charge is -2.25. The zero-order valence-corrected chi connectivity index (χ0v) is 12.2. The molecule has 1 aromatic heterocycles. The van der Waals surface area contributed by atoms with Gasteiger partial charge in [0.1, 0.15) is 0 Å². The molecule has 106 valence electrons. The van der Waals surface area contributed by atoms with Gasteiger partial charge in [0.05, 0.1) is 30.0 Å². The second-order valence-corrected chi connectivity index (χ2v) is 7.12. The van der Waals surface area contributed by atoms with Gasteiger partial charge in [-0.25, -0.2) is 13.4 Å². The van der Waals surface area contributed by atoms with Gasteiger partial charge in [0.25, 0.3) is 0 Å². The highest BCUT2D eigenvalue weighted by molar-refractivity contribution is 7.88. The Bertz CT molecular complexity index is 704. The number of rotatable bonds is 3. The molecule has 1 aromatic carbocycles. The molecule has 6 heteroatoms. The average molecular weight is 291 g/mol. The number of H-pyrrole nitrogens is 1. The first-order valence-electron chi connectivity index (χ1n) is 6.59. The summed E-state index contributed by atoms with van der Waals surface area (Å²) >= 11 is 0. The molecule has 2 heterocycles. The monoisotopic (exact) mass is 291 g/mol. The van der Waals surface area contributed by atoms with Crippen LogP contribution in [0.5, 0.6) is 0 Å². The van der Waals surface area contributed by atoms with Crippen molar-refractivity contribution in [2.45, 2.75) is 25.6 Å². The normalized spacial score (nSPS) is 16.1. The van der Waals surface area contributed by atoms with Crippen molar-refractivity contribution in [2.75, 3.05) is 6.54 Å². The highest BCUT2D eigenvalue weighted by atomic mass is 32.2. The third kappa shape index (κ3) is 2.62. The molecule has 2 aromatic rings. The van der Waals surface area contributed by atoms with Crippen molar-refractivity contribution in [3.05, 3.63) is 53.1 Å². The fourth-order valence-electron chi connectivity index (χ4n) is 2.41. The first kappa shape index (κ1) is 13.3. The van der Waals surface area contributed by atoms with Gasteiger partial charge in [0, 0.05) is 13.0 Å². The number of hydrogen-bond donors (Lipinski definition) is 1. The first-order chi connectivity index (χ1) is 9.54. The Hall–Kier alpha value is -1.66. The molecule has 5 nitrogen and oxygen atoms in total. The summed E-state index contributed by atoms with van der Waals surface area (Å²) in [5.74, 6) is 0.0523. The minimum Gasteiger partial charge on any atom is -0.347 e. The van der Waals surface area contributed by atoms with Crippen LogP contribution in [-0.4, -0.2) is 29.2 Å². The van der Waals surface area contributed by atoms with E-state index in [1.165, 1.54) is 4.31 Å². The van der Waals surface area contributed by atoms with Crippen molar-refractivity contribution in [2.24, 2.45) is 0 Å². The van der Waals surface area contributed by atoms with E-state index >= 15 is 0 Å². The maximum atomic E-state index is 12.5. The topological polar surface area (TPSA) is 66.1 Å². The molecule has 0 saturated carbocycles. The number of aromatic nitrogens is 2. The van der Waals surface area contributed by atoms with Gasteiger partial charge >= 0.3 is 0 Å². The van der Waals surface area contributed by atoms with Crippen molar-refractivity contribution < 1.29 is 8.42 Å². The first-order valence-corrected chi connectivity index (χ1v) is 8.20. The van der Waals surface area contributed by atoms with E-state index in [4.69, 9.17) is 0 Å². The Morgan fingerprint density at radius 3 is 2.80 bits per heavy atom. The zero-order valence-electron chi connectivity index (χ0n) is 11.3. The van der Waals surface area contributed by atoms with Gasteiger partial charge in [-0.05, 0) is 12.5 Å². The summed E-state index contributed by atoms with van der Waals surface area (Å²) in [4.78, 5) is 7.20. The molecule has 0 saturated heterocycles. The smallest absolute Gasteiger partial charge is 0.218 e. The van der Waals surface area contributed by atoms with Gasteiger partial charge < -0.3 is 4.98 Å². The molecule has 0 atom stereocenters. The fourth-order valence-corrected chi connectivity index (χ4v) is 3.90. The summed E-state index contributed by atoms with van der Waals surface area (Å²) in [6.45, 7) is 2.89. The number of aryl methyl sites for hydroxylation is 1. The molecule has 0 radical (unpaired) electrons. The van der Waals surface area contributed by atoms with Crippen molar-refractivity contribution in [1.29, 1.82) is 0 Å². The van der Waals surface area contributed by atoms with E-state index in [2.05, 4.69) is 9.97 Å². The van der Waals surface area contributed by atoms with Crippen molar-refractivity contribution in [1.82, 2.24) is 14.3 Å². The maximum absolute atomic E-state index is 12.5. The van der Waals surface area contributed by atoms with Crippen LogP contribution in [0.3, 0.4) is 0 Å². The molecule has 0 aliphatic carbocycles. The SMILES string of the molecule is Cc1ccc(CS(=O)(=O)N2CCc3nc[nH]c3C2)cc1. The van der Waals surface area contributed by atoms with E-state index in [1.807, 2.05) is 31.2 Å². The van der Waals surface area contributed by atoms with E-state index in [0.29, 0.717) is 19.5 Å². The Morgan fingerprint density at radius 1 is 1.30 bits per heavy atom. The van der Waals surface area contributed by atoms with Crippen LogP contribution in [0.4, 0.5) is 0 Å². The quantitative estimate of drug-likeness (QED) is 0.934. The van der Waals surface area contributed by atoms with E-state index < -0.39 is 10.0 Å². The molecule has 3 rings (SSSR count). The van der Waals surface area contributed by atoms with Crippen LogP contribution in [0.2, 0.25) is 0 Å². The standard InChI is InChI=1S/C14H17N3O2S/c1-11-2-4-12(5-3-11)9-20(18,19)17-7-6-13-14(8-17)16-10-15-13/h2-5,10H,6-9H2,1H3,(H,15,16). The number of hydrogen-bond acceptors (Lipinski definition) is 3. The van der Waals surface area contributed by atoms with Crippen LogP contribution in [0, 0.1) is 6.92 Å². The lowest BCUT2D eigenvalue weighted by molar-refractivity contribution is 0.385. The highest BCUT2D eigenvalue weighted by Crippen LogP contribution is 2.20. The maximum Gasteiger partial charge on any atom is 0.218 e. The lowest BCUT2D eigenvalue weighted by atomic mass is 10.2. The summed E-state index contributed by atoms with van der Waals surface area (Å²) in [6, 6.07) is 7.62. The van der Waals surface area contributed by atoms with Gasteiger partial charge in [0.15, 0.2) is 0 Å². The molecule has 1 aliphatic rings. The zero-order chi connectivity index (χ0) is 14.2. The number of sulfonamides is 1. The summed E-state index contributed by atoms with van der Waals surface area (Å²) < 4.78 is 26.5. The molecule has 0 spiro atoms. The van der Waals surface area contributed by atoms with E-state index in [1.54, 1.807) is 6.33 Å². The predicted molar refractivity (Wildman–Crippen MR) is 76.5 cm³/mol. The molecule has 1 aliphatic heterocycles. The van der Waals surface area contributed by atoms with Crippen LogP contribution < -0.4 is 0 Å². The molecule has 0 unspecified atom stereocenters. The minimum absolute atomic E-state index is 0.0523. The largest absolute Gasteiger partial charge is 0.347 e. The number of aromatic amines is 1. The lowest BCUT2D eigenvalue weighted by Crippen LogP contribution is -2.36. The van der Waals surface area contributed by atoms with Crippen molar-refractivity contribution in [3.63, 3.8) is 0 Å². The second kappa shape index (κ2) is 5.03. The van der Waals surface area contributed by atoms with Gasteiger partial charge in [-0.1, -0.05) is 29.8 Å². The molecule has 0 bridgehead atoms. The van der Waals surface area contributed by atoms with E-state index in [0.717, 1.165) is 22.5 Å². The number of fused-ring (bicyclic) bond motifs is 1.